The lowest BCUT2D eigenvalue weighted by Gasteiger charge is -2.32. The van der Waals surface area contributed by atoms with E-state index in [4.69, 9.17) is 10.5 Å². The molecule has 2 aromatic carbocycles. The first kappa shape index (κ1) is 23.7. The number of piperidine rings is 1. The third-order valence-corrected chi connectivity index (χ3v) is 7.61. The topological polar surface area (TPSA) is 110 Å². The third kappa shape index (κ3) is 5.86. The van der Waals surface area contributed by atoms with Gasteiger partial charge in [-0.15, -0.1) is 0 Å². The van der Waals surface area contributed by atoms with Crippen molar-refractivity contribution in [3.05, 3.63) is 60.2 Å². The Morgan fingerprint density at radius 1 is 1.06 bits per heavy atom. The average molecular weight is 460 g/mol. The molecule has 172 valence electrons. The second-order valence-electron chi connectivity index (χ2n) is 7.81. The van der Waals surface area contributed by atoms with E-state index in [0.717, 1.165) is 5.56 Å². The second kappa shape index (κ2) is 10.6. The maximum atomic E-state index is 13.4. The predicted molar refractivity (Wildman–Crippen MR) is 120 cm³/mol. The van der Waals surface area contributed by atoms with E-state index < -0.39 is 10.0 Å². The Kier molecular flexibility index (Phi) is 7.87. The van der Waals surface area contributed by atoms with Gasteiger partial charge in [-0.25, -0.2) is 8.42 Å². The van der Waals surface area contributed by atoms with Crippen LogP contribution in [0.5, 0.6) is 5.75 Å². The number of carbonyl (C=O) groups is 2. The minimum Gasteiger partial charge on any atom is -0.497 e. The normalized spacial score (nSPS) is 15.0. The molecule has 0 spiro atoms. The van der Waals surface area contributed by atoms with Gasteiger partial charge in [0.25, 0.3) is 0 Å². The zero-order chi connectivity index (χ0) is 23.1. The molecular weight excluding hydrogens is 430 g/mol. The number of sulfonamides is 1. The maximum Gasteiger partial charge on any atom is 0.243 e. The molecule has 0 saturated carbocycles. The molecule has 1 saturated heterocycles. The van der Waals surface area contributed by atoms with Crippen LogP contribution in [0.1, 0.15) is 18.4 Å². The second-order valence-corrected chi connectivity index (χ2v) is 9.75. The fourth-order valence-corrected chi connectivity index (χ4v) is 5.13. The molecule has 3 rings (SSSR count). The fraction of sp³-hybridized carbons (Fsp3) is 0.391. The first-order valence-electron chi connectivity index (χ1n) is 10.6. The zero-order valence-electron chi connectivity index (χ0n) is 18.1. The van der Waals surface area contributed by atoms with Gasteiger partial charge in [-0.3, -0.25) is 9.59 Å². The van der Waals surface area contributed by atoms with E-state index in [0.29, 0.717) is 38.1 Å². The molecule has 0 radical (unpaired) electrons. The summed E-state index contributed by atoms with van der Waals surface area (Å²) < 4.78 is 33.1. The van der Waals surface area contributed by atoms with Gasteiger partial charge in [0.15, 0.2) is 0 Å². The SMILES string of the molecule is COc1ccc(S(=O)(=O)N(CCc2ccccc2)CC(=O)N2CCC(C(N)=O)CC2)cc1. The number of ether oxygens (including phenoxy) is 1. The Morgan fingerprint density at radius 3 is 2.25 bits per heavy atom. The number of nitrogens with zero attached hydrogens (tertiary/aromatic N) is 2. The minimum absolute atomic E-state index is 0.103. The summed E-state index contributed by atoms with van der Waals surface area (Å²) in [7, 11) is -2.39. The van der Waals surface area contributed by atoms with Gasteiger partial charge in [-0.05, 0) is 49.1 Å². The molecule has 8 nitrogen and oxygen atoms in total. The lowest BCUT2D eigenvalue weighted by molar-refractivity contribution is -0.135. The predicted octanol–water partition coefficient (Wildman–Crippen LogP) is 1.65. The van der Waals surface area contributed by atoms with E-state index >= 15 is 0 Å². The summed E-state index contributed by atoms with van der Waals surface area (Å²) in [5.41, 5.74) is 6.35. The van der Waals surface area contributed by atoms with E-state index in [1.54, 1.807) is 17.0 Å². The van der Waals surface area contributed by atoms with Gasteiger partial charge in [0.1, 0.15) is 5.75 Å². The van der Waals surface area contributed by atoms with Crippen molar-refractivity contribution in [3.8, 4) is 5.75 Å². The van der Waals surface area contributed by atoms with Crippen LogP contribution in [0.25, 0.3) is 0 Å². The van der Waals surface area contributed by atoms with Crippen molar-refractivity contribution >= 4 is 21.8 Å². The molecule has 1 fully saturated rings. The van der Waals surface area contributed by atoms with Gasteiger partial charge < -0.3 is 15.4 Å². The van der Waals surface area contributed by atoms with Crippen LogP contribution < -0.4 is 10.5 Å². The summed E-state index contributed by atoms with van der Waals surface area (Å²) in [6.45, 7) is 0.688. The molecule has 32 heavy (non-hydrogen) atoms. The number of hydrogen-bond acceptors (Lipinski definition) is 5. The van der Waals surface area contributed by atoms with Crippen molar-refractivity contribution < 1.29 is 22.7 Å². The van der Waals surface area contributed by atoms with Crippen LogP contribution in [0.15, 0.2) is 59.5 Å². The smallest absolute Gasteiger partial charge is 0.243 e. The highest BCUT2D eigenvalue weighted by molar-refractivity contribution is 7.89. The summed E-state index contributed by atoms with van der Waals surface area (Å²) in [4.78, 5) is 26.1. The van der Waals surface area contributed by atoms with Crippen LogP contribution in [-0.2, 0) is 26.0 Å². The lowest BCUT2D eigenvalue weighted by atomic mass is 9.96. The molecule has 9 heteroatoms. The number of carbonyl (C=O) groups excluding carboxylic acids is 2. The molecule has 2 amide bonds. The highest BCUT2D eigenvalue weighted by atomic mass is 32.2. The third-order valence-electron chi connectivity index (χ3n) is 5.75. The highest BCUT2D eigenvalue weighted by Gasteiger charge is 2.31. The van der Waals surface area contributed by atoms with Crippen LogP contribution in [0.3, 0.4) is 0 Å². The van der Waals surface area contributed by atoms with Crippen LogP contribution in [0, 0.1) is 5.92 Å². The number of benzene rings is 2. The first-order valence-corrected chi connectivity index (χ1v) is 12.0. The number of rotatable bonds is 9. The molecular formula is C23H29N3O5S. The van der Waals surface area contributed by atoms with Gasteiger partial charge in [0, 0.05) is 25.6 Å². The first-order chi connectivity index (χ1) is 15.3. The number of likely N-dealkylation sites (tertiary alicyclic amines) is 1. The summed E-state index contributed by atoms with van der Waals surface area (Å²) in [5, 5.41) is 0. The van der Waals surface area contributed by atoms with Gasteiger partial charge in [0.05, 0.1) is 18.6 Å². The van der Waals surface area contributed by atoms with Crippen molar-refractivity contribution in [1.29, 1.82) is 0 Å². The number of amides is 2. The number of hydrogen-bond donors (Lipinski definition) is 1. The molecule has 0 unspecified atom stereocenters. The quantitative estimate of drug-likeness (QED) is 0.613. The van der Waals surface area contributed by atoms with Crippen LogP contribution in [-0.4, -0.2) is 62.7 Å². The molecule has 0 aliphatic carbocycles. The monoisotopic (exact) mass is 459 g/mol. The largest absolute Gasteiger partial charge is 0.497 e. The van der Waals surface area contributed by atoms with E-state index in [9.17, 15) is 18.0 Å². The number of primary amides is 1. The van der Waals surface area contributed by atoms with Crippen molar-refractivity contribution in [2.24, 2.45) is 11.7 Å². The van der Waals surface area contributed by atoms with Gasteiger partial charge >= 0.3 is 0 Å². The van der Waals surface area contributed by atoms with Crippen molar-refractivity contribution in [2.75, 3.05) is 33.3 Å². The Hall–Kier alpha value is -2.91. The standard InChI is InChI=1S/C23H29N3O5S/c1-31-20-7-9-21(10-8-20)32(29,30)26(16-11-18-5-3-2-4-6-18)17-22(27)25-14-12-19(13-15-25)23(24)28/h2-10,19H,11-17H2,1H3,(H2,24,28). The molecule has 2 aromatic rings. The molecule has 0 aromatic heterocycles. The van der Waals surface area contributed by atoms with E-state index in [1.807, 2.05) is 30.3 Å². The summed E-state index contributed by atoms with van der Waals surface area (Å²) >= 11 is 0. The van der Waals surface area contributed by atoms with Crippen molar-refractivity contribution in [1.82, 2.24) is 9.21 Å². The van der Waals surface area contributed by atoms with E-state index in [1.165, 1.54) is 23.5 Å². The van der Waals surface area contributed by atoms with Crippen LogP contribution in [0.2, 0.25) is 0 Å². The van der Waals surface area contributed by atoms with Gasteiger partial charge in [-0.2, -0.15) is 4.31 Å². The number of methoxy groups -OCH3 is 1. The maximum absolute atomic E-state index is 13.4. The Balaban J connectivity index is 1.76. The lowest BCUT2D eigenvalue weighted by Crippen LogP contribution is -2.47. The molecule has 1 heterocycles. The Labute approximate surface area is 189 Å². The summed E-state index contributed by atoms with van der Waals surface area (Å²) in [6.07, 6.45) is 1.47. The van der Waals surface area contributed by atoms with E-state index in [-0.39, 0.29) is 35.7 Å². The zero-order valence-corrected chi connectivity index (χ0v) is 19.0. The molecule has 2 N–H and O–H groups in total. The van der Waals surface area contributed by atoms with Gasteiger partial charge in [-0.1, -0.05) is 30.3 Å². The van der Waals surface area contributed by atoms with Gasteiger partial charge in [0.2, 0.25) is 21.8 Å². The van der Waals surface area contributed by atoms with Crippen LogP contribution >= 0.6 is 0 Å². The molecule has 1 aliphatic heterocycles. The summed E-state index contributed by atoms with van der Waals surface area (Å²) in [6, 6.07) is 15.7. The van der Waals surface area contributed by atoms with Crippen LogP contribution in [0.4, 0.5) is 0 Å². The summed E-state index contributed by atoms with van der Waals surface area (Å²) in [5.74, 6) is -0.328. The number of nitrogens with two attached hydrogens (primary N) is 1. The minimum atomic E-state index is -3.90. The average Bonchev–Trinajstić information content (AvgIpc) is 2.82. The molecule has 0 atom stereocenters. The Morgan fingerprint density at radius 2 is 1.69 bits per heavy atom. The fourth-order valence-electron chi connectivity index (χ4n) is 3.74. The van der Waals surface area contributed by atoms with Crippen molar-refractivity contribution in [3.63, 3.8) is 0 Å². The van der Waals surface area contributed by atoms with Crippen molar-refractivity contribution in [2.45, 2.75) is 24.2 Å². The molecule has 1 aliphatic rings. The molecule has 0 bridgehead atoms. The highest BCUT2D eigenvalue weighted by Crippen LogP contribution is 2.21. The Bertz CT molecular complexity index is 1020. The van der Waals surface area contributed by atoms with E-state index in [2.05, 4.69) is 0 Å².